The molecule has 0 atom stereocenters. The zero-order chi connectivity index (χ0) is 9.19. The lowest BCUT2D eigenvalue weighted by atomic mass is 10.1. The molecule has 0 unspecified atom stereocenters. The third-order valence-electron chi connectivity index (χ3n) is 1.62. The first-order valence-corrected chi connectivity index (χ1v) is 3.67. The molecule has 0 spiro atoms. The van der Waals surface area contributed by atoms with Crippen molar-refractivity contribution in [1.29, 1.82) is 0 Å². The molecule has 0 bridgehead atoms. The lowest BCUT2D eigenvalue weighted by molar-refractivity contribution is -0.0606. The van der Waals surface area contributed by atoms with E-state index in [4.69, 9.17) is 0 Å². The van der Waals surface area contributed by atoms with E-state index in [0.717, 1.165) is 0 Å². The van der Waals surface area contributed by atoms with Crippen molar-refractivity contribution in [3.05, 3.63) is 0 Å². The Morgan fingerprint density at radius 2 is 1.83 bits per heavy atom. The number of hydrogen-bond donors (Lipinski definition) is 0. The molecule has 0 amide bonds. The number of alkyl halides is 3. The summed E-state index contributed by atoms with van der Waals surface area (Å²) < 4.78 is 36.1. The molecule has 1 aliphatic rings. The molecule has 0 saturated carbocycles. The van der Waals surface area contributed by atoms with Crippen LogP contribution in [0.15, 0.2) is 10.2 Å². The summed E-state index contributed by atoms with van der Waals surface area (Å²) in [4.78, 5) is 0. The van der Waals surface area contributed by atoms with Gasteiger partial charge >= 0.3 is 6.18 Å². The Morgan fingerprint density at radius 1 is 1.17 bits per heavy atom. The summed E-state index contributed by atoms with van der Waals surface area (Å²) in [6.07, 6.45) is -3.25. The Hall–Kier alpha value is -0.870. The Balaban J connectivity index is 2.79. The highest BCUT2D eigenvalue weighted by molar-refractivity contribution is 5.92. The van der Waals surface area contributed by atoms with Gasteiger partial charge in [0.05, 0.1) is 0 Å². The minimum absolute atomic E-state index is 0.0235. The van der Waals surface area contributed by atoms with Crippen LogP contribution in [0.3, 0.4) is 0 Å². The van der Waals surface area contributed by atoms with E-state index in [9.17, 15) is 13.2 Å². The molecule has 12 heavy (non-hydrogen) atoms. The quantitative estimate of drug-likeness (QED) is 0.544. The Bertz CT molecular complexity index is 227. The van der Waals surface area contributed by atoms with Gasteiger partial charge in [-0.15, -0.1) is 0 Å². The molecule has 2 nitrogen and oxygen atoms in total. The summed E-state index contributed by atoms with van der Waals surface area (Å²) in [5.41, 5.74) is -0.103. The standard InChI is InChI=1S/C7H9F3N2/c1-5-3-2-4-6(12-11-5)7(8,9)10/h2-4H2,1H3. The fraction of sp³-hybridized carbons (Fsp3) is 0.714. The van der Waals surface area contributed by atoms with Gasteiger partial charge in [0.2, 0.25) is 0 Å². The van der Waals surface area contributed by atoms with E-state index in [1.807, 2.05) is 0 Å². The zero-order valence-electron chi connectivity index (χ0n) is 6.65. The van der Waals surface area contributed by atoms with Gasteiger partial charge in [0.25, 0.3) is 0 Å². The molecule has 0 fully saturated rings. The minimum Gasteiger partial charge on any atom is -0.165 e. The summed E-state index contributed by atoms with van der Waals surface area (Å²) in [6.45, 7) is 1.68. The van der Waals surface area contributed by atoms with E-state index in [-0.39, 0.29) is 6.42 Å². The molecule has 1 rings (SSSR count). The molecule has 1 heterocycles. The van der Waals surface area contributed by atoms with E-state index < -0.39 is 11.9 Å². The summed E-state index contributed by atoms with van der Waals surface area (Å²) in [5, 5.41) is 6.61. The number of rotatable bonds is 0. The van der Waals surface area contributed by atoms with Crippen LogP contribution in [-0.4, -0.2) is 17.6 Å². The summed E-state index contributed by atoms with van der Waals surface area (Å²) >= 11 is 0. The minimum atomic E-state index is -4.31. The SMILES string of the molecule is CC1=NN=C(C(F)(F)F)CCC1. The summed E-state index contributed by atoms with van der Waals surface area (Å²) in [7, 11) is 0. The molecule has 0 N–H and O–H groups in total. The molecule has 0 aromatic carbocycles. The smallest absolute Gasteiger partial charge is 0.165 e. The second kappa shape index (κ2) is 3.25. The molecular formula is C7H9F3N2. The fourth-order valence-corrected chi connectivity index (χ4v) is 0.956. The molecular weight excluding hydrogens is 169 g/mol. The van der Waals surface area contributed by atoms with Gasteiger partial charge in [-0.2, -0.15) is 23.4 Å². The monoisotopic (exact) mass is 178 g/mol. The van der Waals surface area contributed by atoms with Crippen LogP contribution in [0.2, 0.25) is 0 Å². The third-order valence-corrected chi connectivity index (χ3v) is 1.62. The van der Waals surface area contributed by atoms with Crippen LogP contribution in [0.5, 0.6) is 0 Å². The van der Waals surface area contributed by atoms with Crippen LogP contribution in [0, 0.1) is 0 Å². The van der Waals surface area contributed by atoms with Crippen molar-refractivity contribution in [2.24, 2.45) is 10.2 Å². The lowest BCUT2D eigenvalue weighted by Crippen LogP contribution is -2.22. The van der Waals surface area contributed by atoms with Gasteiger partial charge in [0, 0.05) is 5.71 Å². The molecule has 68 valence electrons. The largest absolute Gasteiger partial charge is 0.431 e. The van der Waals surface area contributed by atoms with Crippen molar-refractivity contribution in [1.82, 2.24) is 0 Å². The first-order chi connectivity index (χ1) is 5.50. The van der Waals surface area contributed by atoms with Gasteiger partial charge in [0.15, 0.2) is 0 Å². The van der Waals surface area contributed by atoms with E-state index in [2.05, 4.69) is 10.2 Å². The van der Waals surface area contributed by atoms with E-state index in [1.165, 1.54) is 0 Å². The second-order valence-corrected chi connectivity index (χ2v) is 2.73. The van der Waals surface area contributed by atoms with Crippen LogP contribution in [0.25, 0.3) is 0 Å². The van der Waals surface area contributed by atoms with Crippen molar-refractivity contribution < 1.29 is 13.2 Å². The predicted molar refractivity (Wildman–Crippen MR) is 40.5 cm³/mol. The van der Waals surface area contributed by atoms with Gasteiger partial charge in [-0.05, 0) is 26.2 Å². The molecule has 0 aliphatic carbocycles. The van der Waals surface area contributed by atoms with Crippen molar-refractivity contribution >= 4 is 11.4 Å². The van der Waals surface area contributed by atoms with Crippen LogP contribution >= 0.6 is 0 Å². The predicted octanol–water partition coefficient (Wildman–Crippen LogP) is 2.55. The topological polar surface area (TPSA) is 24.7 Å². The van der Waals surface area contributed by atoms with Crippen LogP contribution < -0.4 is 0 Å². The third kappa shape index (κ3) is 2.32. The first kappa shape index (κ1) is 9.22. The molecule has 1 aliphatic heterocycles. The number of halogens is 3. The highest BCUT2D eigenvalue weighted by atomic mass is 19.4. The van der Waals surface area contributed by atoms with E-state index >= 15 is 0 Å². The van der Waals surface area contributed by atoms with Crippen LogP contribution in [0.1, 0.15) is 26.2 Å². The highest BCUT2D eigenvalue weighted by Gasteiger charge is 2.35. The lowest BCUT2D eigenvalue weighted by Gasteiger charge is -2.05. The van der Waals surface area contributed by atoms with Gasteiger partial charge in [0.1, 0.15) is 5.71 Å². The van der Waals surface area contributed by atoms with E-state index in [0.29, 0.717) is 18.6 Å². The van der Waals surface area contributed by atoms with Gasteiger partial charge in [-0.25, -0.2) is 0 Å². The average Bonchev–Trinajstić information content (AvgIpc) is 2.11. The molecule has 5 heteroatoms. The Morgan fingerprint density at radius 3 is 2.42 bits per heavy atom. The molecule has 0 radical (unpaired) electrons. The van der Waals surface area contributed by atoms with Gasteiger partial charge in [-0.3, -0.25) is 0 Å². The maximum Gasteiger partial charge on any atom is 0.431 e. The summed E-state index contributed by atoms with van der Waals surface area (Å²) in [6, 6.07) is 0. The highest BCUT2D eigenvalue weighted by Crippen LogP contribution is 2.22. The van der Waals surface area contributed by atoms with Crippen molar-refractivity contribution in [2.45, 2.75) is 32.4 Å². The fourth-order valence-electron chi connectivity index (χ4n) is 0.956. The Labute approximate surface area is 68.2 Å². The Kier molecular flexibility index (Phi) is 2.49. The van der Waals surface area contributed by atoms with Gasteiger partial charge < -0.3 is 0 Å². The second-order valence-electron chi connectivity index (χ2n) is 2.73. The average molecular weight is 178 g/mol. The normalized spacial score (nSPS) is 19.7. The van der Waals surface area contributed by atoms with Gasteiger partial charge in [-0.1, -0.05) is 0 Å². The van der Waals surface area contributed by atoms with Crippen molar-refractivity contribution in [3.8, 4) is 0 Å². The van der Waals surface area contributed by atoms with Crippen molar-refractivity contribution in [3.63, 3.8) is 0 Å². The number of nitrogens with zero attached hydrogens (tertiary/aromatic N) is 2. The van der Waals surface area contributed by atoms with Crippen molar-refractivity contribution in [2.75, 3.05) is 0 Å². The molecule has 0 aromatic rings. The first-order valence-electron chi connectivity index (χ1n) is 3.67. The maximum atomic E-state index is 12.0. The summed E-state index contributed by atoms with van der Waals surface area (Å²) in [5.74, 6) is 0. The molecule has 0 saturated heterocycles. The zero-order valence-corrected chi connectivity index (χ0v) is 6.65. The maximum absolute atomic E-state index is 12.0. The van der Waals surface area contributed by atoms with E-state index in [1.54, 1.807) is 6.92 Å². The molecule has 0 aromatic heterocycles. The van der Waals surface area contributed by atoms with Crippen LogP contribution in [0.4, 0.5) is 13.2 Å². The van der Waals surface area contributed by atoms with Crippen LogP contribution in [-0.2, 0) is 0 Å². The number of hydrogen-bond acceptors (Lipinski definition) is 2.